The highest BCUT2D eigenvalue weighted by molar-refractivity contribution is 6.06. The maximum absolute atomic E-state index is 12.2. The summed E-state index contributed by atoms with van der Waals surface area (Å²) in [6.07, 6.45) is 7.02. The van der Waals surface area contributed by atoms with Crippen molar-refractivity contribution in [3.05, 3.63) is 65.2 Å². The van der Waals surface area contributed by atoms with Crippen molar-refractivity contribution < 1.29 is 14.6 Å². The minimum absolute atomic E-state index is 0.0791. The van der Waals surface area contributed by atoms with Crippen LogP contribution in [0.25, 0.3) is 6.08 Å². The maximum atomic E-state index is 12.2. The molecule has 3 rings (SSSR count). The van der Waals surface area contributed by atoms with Crippen LogP contribution in [0.1, 0.15) is 40.7 Å². The summed E-state index contributed by atoms with van der Waals surface area (Å²) < 4.78 is 5.10. The van der Waals surface area contributed by atoms with E-state index in [2.05, 4.69) is 4.90 Å². The molecule has 1 aliphatic rings. The molecule has 0 radical (unpaired) electrons. The zero-order valence-electron chi connectivity index (χ0n) is 15.1. The Morgan fingerprint density at radius 3 is 2.50 bits per heavy atom. The molecule has 4 heteroatoms. The van der Waals surface area contributed by atoms with Crippen molar-refractivity contribution in [1.82, 2.24) is 4.90 Å². The van der Waals surface area contributed by atoms with E-state index < -0.39 is 0 Å². The van der Waals surface area contributed by atoms with Crippen LogP contribution in [0.2, 0.25) is 0 Å². The number of phenolic OH excluding ortho intramolecular Hbond substituents is 1. The lowest BCUT2D eigenvalue weighted by atomic mass is 10.1. The Balaban J connectivity index is 1.64. The molecule has 2 aromatic rings. The van der Waals surface area contributed by atoms with E-state index in [-0.39, 0.29) is 11.5 Å². The smallest absolute Gasteiger partial charge is 0.185 e. The highest BCUT2D eigenvalue weighted by Gasteiger charge is 2.12. The van der Waals surface area contributed by atoms with Gasteiger partial charge in [-0.1, -0.05) is 24.6 Å². The number of allylic oxidation sites excluding steroid dienone is 1. The Labute approximate surface area is 154 Å². The molecule has 0 unspecified atom stereocenters. The molecule has 1 saturated heterocycles. The number of phenols is 1. The first-order valence-electron chi connectivity index (χ1n) is 9.06. The number of nitrogens with zero attached hydrogens (tertiary/aromatic N) is 1. The van der Waals surface area contributed by atoms with E-state index in [1.165, 1.54) is 25.3 Å². The quantitative estimate of drug-likeness (QED) is 0.623. The molecule has 0 saturated carbocycles. The van der Waals surface area contributed by atoms with Crippen LogP contribution >= 0.6 is 0 Å². The Hall–Kier alpha value is -2.59. The molecule has 0 spiro atoms. The van der Waals surface area contributed by atoms with Crippen molar-refractivity contribution in [2.45, 2.75) is 25.8 Å². The molecular weight excluding hydrogens is 326 g/mol. The predicted octanol–water partition coefficient (Wildman–Crippen LogP) is 4.28. The van der Waals surface area contributed by atoms with Gasteiger partial charge in [0.1, 0.15) is 11.5 Å². The van der Waals surface area contributed by atoms with Gasteiger partial charge in [-0.3, -0.25) is 9.69 Å². The molecule has 4 nitrogen and oxygen atoms in total. The fourth-order valence-electron chi connectivity index (χ4n) is 3.20. The van der Waals surface area contributed by atoms with Crippen molar-refractivity contribution >= 4 is 11.9 Å². The van der Waals surface area contributed by atoms with E-state index in [4.69, 9.17) is 4.74 Å². The van der Waals surface area contributed by atoms with E-state index in [1.54, 1.807) is 43.5 Å². The van der Waals surface area contributed by atoms with Gasteiger partial charge in [-0.25, -0.2) is 0 Å². The van der Waals surface area contributed by atoms with Crippen LogP contribution in [0, 0.1) is 0 Å². The number of aromatic hydroxyl groups is 1. The van der Waals surface area contributed by atoms with Crippen LogP contribution in [-0.4, -0.2) is 36.0 Å². The van der Waals surface area contributed by atoms with Gasteiger partial charge in [-0.05, 0) is 67.9 Å². The third kappa shape index (κ3) is 4.73. The zero-order valence-corrected chi connectivity index (χ0v) is 15.1. The number of likely N-dealkylation sites (tertiary alicyclic amines) is 1. The molecule has 0 aliphatic carbocycles. The first-order valence-corrected chi connectivity index (χ1v) is 9.06. The van der Waals surface area contributed by atoms with E-state index in [0.717, 1.165) is 36.5 Å². The lowest BCUT2D eigenvalue weighted by Crippen LogP contribution is -2.29. The van der Waals surface area contributed by atoms with Gasteiger partial charge in [0.25, 0.3) is 0 Å². The highest BCUT2D eigenvalue weighted by atomic mass is 16.5. The summed E-state index contributed by atoms with van der Waals surface area (Å²) in [5, 5.41) is 10.3. The van der Waals surface area contributed by atoms with Crippen molar-refractivity contribution in [1.29, 1.82) is 0 Å². The largest absolute Gasteiger partial charge is 0.508 e. The number of hydrogen-bond acceptors (Lipinski definition) is 4. The molecule has 1 N–H and O–H groups in total. The van der Waals surface area contributed by atoms with Crippen LogP contribution in [0.15, 0.2) is 48.5 Å². The zero-order chi connectivity index (χ0) is 18.4. The molecule has 1 aliphatic heterocycles. The van der Waals surface area contributed by atoms with Gasteiger partial charge in [-0.15, -0.1) is 0 Å². The van der Waals surface area contributed by atoms with Crippen molar-refractivity contribution in [2.24, 2.45) is 0 Å². The van der Waals surface area contributed by atoms with E-state index in [1.807, 2.05) is 12.1 Å². The van der Waals surface area contributed by atoms with Crippen LogP contribution in [0.5, 0.6) is 11.5 Å². The normalized spacial score (nSPS) is 15.3. The molecule has 1 heterocycles. The second-order valence-corrected chi connectivity index (χ2v) is 6.65. The van der Waals surface area contributed by atoms with Crippen LogP contribution in [-0.2, 0) is 6.54 Å². The third-order valence-electron chi connectivity index (χ3n) is 4.75. The molecule has 0 amide bonds. The first kappa shape index (κ1) is 18.2. The number of piperidine rings is 1. The summed E-state index contributed by atoms with van der Waals surface area (Å²) in [4.78, 5) is 14.6. The van der Waals surface area contributed by atoms with Gasteiger partial charge in [-0.2, -0.15) is 0 Å². The molecular formula is C22H25NO3. The van der Waals surface area contributed by atoms with Gasteiger partial charge in [0.15, 0.2) is 5.78 Å². The lowest BCUT2D eigenvalue weighted by Gasteiger charge is -2.26. The number of methoxy groups -OCH3 is 1. The Bertz CT molecular complexity index is 774. The number of ether oxygens (including phenoxy) is 1. The molecule has 1 fully saturated rings. The number of carbonyl (C=O) groups excluding carboxylic acids is 1. The molecule has 0 aromatic heterocycles. The Morgan fingerprint density at radius 2 is 1.85 bits per heavy atom. The summed E-state index contributed by atoms with van der Waals surface area (Å²) in [5.74, 6) is 0.930. The second kappa shape index (κ2) is 8.68. The van der Waals surface area contributed by atoms with Gasteiger partial charge in [0.05, 0.1) is 7.11 Å². The minimum Gasteiger partial charge on any atom is -0.508 e. The van der Waals surface area contributed by atoms with Crippen LogP contribution in [0.3, 0.4) is 0 Å². The molecule has 26 heavy (non-hydrogen) atoms. The average Bonchev–Trinajstić information content (AvgIpc) is 2.69. The number of benzene rings is 2. The topological polar surface area (TPSA) is 49.8 Å². The number of rotatable bonds is 6. The SMILES string of the molecule is COc1ccc(C(=O)/C=C/c2ccc(CN3CCCCC3)c(O)c2)cc1. The van der Waals surface area contributed by atoms with Crippen molar-refractivity contribution in [3.63, 3.8) is 0 Å². The molecule has 2 aromatic carbocycles. The third-order valence-corrected chi connectivity index (χ3v) is 4.75. The van der Waals surface area contributed by atoms with E-state index >= 15 is 0 Å². The van der Waals surface area contributed by atoms with Crippen LogP contribution in [0.4, 0.5) is 0 Å². The van der Waals surface area contributed by atoms with Gasteiger partial charge in [0, 0.05) is 17.7 Å². The van der Waals surface area contributed by atoms with Gasteiger partial charge >= 0.3 is 0 Å². The second-order valence-electron chi connectivity index (χ2n) is 6.65. The van der Waals surface area contributed by atoms with E-state index in [0.29, 0.717) is 5.56 Å². The lowest BCUT2D eigenvalue weighted by molar-refractivity contribution is 0.104. The highest BCUT2D eigenvalue weighted by Crippen LogP contribution is 2.23. The summed E-state index contributed by atoms with van der Waals surface area (Å²) >= 11 is 0. The number of ketones is 1. The van der Waals surface area contributed by atoms with E-state index in [9.17, 15) is 9.90 Å². The molecule has 0 bridgehead atoms. The van der Waals surface area contributed by atoms with Gasteiger partial charge < -0.3 is 9.84 Å². The summed E-state index contributed by atoms with van der Waals surface area (Å²) in [6.45, 7) is 2.97. The fraction of sp³-hybridized carbons (Fsp3) is 0.318. The maximum Gasteiger partial charge on any atom is 0.185 e. The summed E-state index contributed by atoms with van der Waals surface area (Å²) in [5.41, 5.74) is 2.35. The standard InChI is InChI=1S/C22H25NO3/c1-26-20-10-8-18(9-11-20)21(24)12-6-17-5-7-19(22(25)15-17)16-23-13-3-2-4-14-23/h5-12,15,25H,2-4,13-14,16H2,1H3/b12-6+. The van der Waals surface area contributed by atoms with Crippen molar-refractivity contribution in [3.8, 4) is 11.5 Å². The first-order chi connectivity index (χ1) is 12.7. The fourth-order valence-corrected chi connectivity index (χ4v) is 3.20. The number of hydrogen-bond donors (Lipinski definition) is 1. The Morgan fingerprint density at radius 1 is 1.12 bits per heavy atom. The molecule has 136 valence electrons. The van der Waals surface area contributed by atoms with Crippen LogP contribution < -0.4 is 4.74 Å². The average molecular weight is 351 g/mol. The monoisotopic (exact) mass is 351 g/mol. The van der Waals surface area contributed by atoms with Crippen molar-refractivity contribution in [2.75, 3.05) is 20.2 Å². The minimum atomic E-state index is -0.0791. The molecule has 0 atom stereocenters. The summed E-state index contributed by atoms with van der Waals surface area (Å²) in [6, 6.07) is 12.6. The summed E-state index contributed by atoms with van der Waals surface area (Å²) in [7, 11) is 1.60. The Kier molecular flexibility index (Phi) is 6.08. The number of carbonyl (C=O) groups is 1. The van der Waals surface area contributed by atoms with Gasteiger partial charge in [0.2, 0.25) is 0 Å². The predicted molar refractivity (Wildman–Crippen MR) is 104 cm³/mol.